The average Bonchev–Trinajstić information content (AvgIpc) is 3.28. The van der Waals surface area contributed by atoms with E-state index in [2.05, 4.69) is 15.4 Å². The number of nitrogens with zero attached hydrogens (tertiary/aromatic N) is 5. The molecule has 3 N–H and O–H groups in total. The highest BCUT2D eigenvalue weighted by Crippen LogP contribution is 2.19. The van der Waals surface area contributed by atoms with E-state index in [1.807, 2.05) is 12.3 Å². The lowest BCUT2D eigenvalue weighted by Crippen LogP contribution is -2.13. The number of nitrogen functional groups attached to an aromatic ring is 1. The molecule has 126 valence electrons. The predicted octanol–water partition coefficient (Wildman–Crippen LogP) is 2.23. The van der Waals surface area contributed by atoms with Gasteiger partial charge in [0.15, 0.2) is 0 Å². The smallest absolute Gasteiger partial charge is 0.259 e. The Labute approximate surface area is 148 Å². The highest BCUT2D eigenvalue weighted by Gasteiger charge is 2.12. The van der Waals surface area contributed by atoms with Crippen LogP contribution in [0.3, 0.4) is 0 Å². The standard InChI is InChI=1S/C18H13N7O/c19-10-12-11-22-25(16(12)20)14-5-3-13(4-6-14)23-18(26)15-2-1-8-24-9-7-21-17(15)24/h1-9,11H,20H2,(H,23,26). The Bertz CT molecular complexity index is 1150. The molecule has 0 bridgehead atoms. The summed E-state index contributed by atoms with van der Waals surface area (Å²) in [5.41, 5.74) is 8.59. The Morgan fingerprint density at radius 1 is 1.19 bits per heavy atom. The summed E-state index contributed by atoms with van der Waals surface area (Å²) in [6, 6.07) is 12.5. The third kappa shape index (κ3) is 2.53. The number of carbonyl (C=O) groups excluding carboxylic acids is 1. The number of imidazole rings is 1. The molecule has 0 atom stereocenters. The fourth-order valence-electron chi connectivity index (χ4n) is 2.66. The van der Waals surface area contributed by atoms with E-state index >= 15 is 0 Å². The predicted molar refractivity (Wildman–Crippen MR) is 95.8 cm³/mol. The second kappa shape index (κ2) is 6.07. The van der Waals surface area contributed by atoms with Gasteiger partial charge in [-0.25, -0.2) is 9.67 Å². The summed E-state index contributed by atoms with van der Waals surface area (Å²) in [4.78, 5) is 16.7. The van der Waals surface area contributed by atoms with Crippen molar-refractivity contribution in [2.75, 3.05) is 11.1 Å². The van der Waals surface area contributed by atoms with E-state index < -0.39 is 0 Å². The van der Waals surface area contributed by atoms with Crippen molar-refractivity contribution < 1.29 is 4.79 Å². The molecule has 4 rings (SSSR count). The average molecular weight is 343 g/mol. The highest BCUT2D eigenvalue weighted by atomic mass is 16.1. The minimum Gasteiger partial charge on any atom is -0.382 e. The van der Waals surface area contributed by atoms with Gasteiger partial charge in [0, 0.05) is 24.3 Å². The first kappa shape index (κ1) is 15.4. The maximum absolute atomic E-state index is 12.5. The number of anilines is 2. The van der Waals surface area contributed by atoms with Gasteiger partial charge in [0.2, 0.25) is 0 Å². The van der Waals surface area contributed by atoms with Crippen molar-refractivity contribution >= 4 is 23.1 Å². The summed E-state index contributed by atoms with van der Waals surface area (Å²) in [7, 11) is 0. The van der Waals surface area contributed by atoms with E-state index in [0.717, 1.165) is 0 Å². The lowest BCUT2D eigenvalue weighted by molar-refractivity contribution is 0.102. The molecular weight excluding hydrogens is 330 g/mol. The van der Waals surface area contributed by atoms with Crippen molar-refractivity contribution in [3.63, 3.8) is 0 Å². The molecule has 0 saturated carbocycles. The van der Waals surface area contributed by atoms with Gasteiger partial charge in [0.25, 0.3) is 5.91 Å². The molecule has 0 aliphatic heterocycles. The molecule has 0 radical (unpaired) electrons. The Morgan fingerprint density at radius 2 is 2.00 bits per heavy atom. The van der Waals surface area contributed by atoms with Gasteiger partial charge in [0.05, 0.1) is 17.4 Å². The van der Waals surface area contributed by atoms with Gasteiger partial charge in [-0.1, -0.05) is 0 Å². The third-order valence-corrected chi connectivity index (χ3v) is 3.96. The number of carbonyl (C=O) groups is 1. The molecule has 0 unspecified atom stereocenters. The van der Waals surface area contributed by atoms with Crippen molar-refractivity contribution in [2.45, 2.75) is 0 Å². The Morgan fingerprint density at radius 3 is 2.73 bits per heavy atom. The molecular formula is C18H13N7O. The molecule has 4 aromatic rings. The molecule has 0 aliphatic rings. The SMILES string of the molecule is N#Cc1cnn(-c2ccc(NC(=O)c3cccn4ccnc34)cc2)c1N. The number of aromatic nitrogens is 4. The largest absolute Gasteiger partial charge is 0.382 e. The molecule has 0 spiro atoms. The van der Waals surface area contributed by atoms with Crippen LogP contribution < -0.4 is 11.1 Å². The highest BCUT2D eigenvalue weighted by molar-refractivity contribution is 6.08. The first-order valence-electron chi connectivity index (χ1n) is 7.74. The van der Waals surface area contributed by atoms with Crippen LogP contribution in [0.25, 0.3) is 11.3 Å². The molecule has 3 aromatic heterocycles. The maximum atomic E-state index is 12.5. The zero-order valence-electron chi connectivity index (χ0n) is 13.5. The molecule has 26 heavy (non-hydrogen) atoms. The minimum atomic E-state index is -0.250. The topological polar surface area (TPSA) is 114 Å². The van der Waals surface area contributed by atoms with Crippen LogP contribution in [0, 0.1) is 11.3 Å². The quantitative estimate of drug-likeness (QED) is 0.592. The van der Waals surface area contributed by atoms with Crippen molar-refractivity contribution in [3.05, 3.63) is 72.3 Å². The number of hydrogen-bond acceptors (Lipinski definition) is 5. The van der Waals surface area contributed by atoms with E-state index in [9.17, 15) is 4.79 Å². The van der Waals surface area contributed by atoms with Crippen LogP contribution in [0.4, 0.5) is 11.5 Å². The zero-order valence-corrected chi connectivity index (χ0v) is 13.5. The van der Waals surface area contributed by atoms with Gasteiger partial charge >= 0.3 is 0 Å². The van der Waals surface area contributed by atoms with E-state index in [-0.39, 0.29) is 11.7 Å². The number of hydrogen-bond donors (Lipinski definition) is 2. The summed E-state index contributed by atoms with van der Waals surface area (Å²) in [6.07, 6.45) is 6.67. The number of pyridine rings is 1. The molecule has 1 amide bonds. The van der Waals surface area contributed by atoms with Crippen molar-refractivity contribution in [1.82, 2.24) is 19.2 Å². The summed E-state index contributed by atoms with van der Waals surface area (Å²) < 4.78 is 3.25. The van der Waals surface area contributed by atoms with Gasteiger partial charge in [-0.05, 0) is 36.4 Å². The monoisotopic (exact) mass is 343 g/mol. The second-order valence-electron chi connectivity index (χ2n) is 5.55. The van der Waals surface area contributed by atoms with Gasteiger partial charge in [-0.3, -0.25) is 4.79 Å². The van der Waals surface area contributed by atoms with Crippen molar-refractivity contribution in [1.29, 1.82) is 5.26 Å². The molecule has 0 saturated heterocycles. The molecule has 1 aromatic carbocycles. The van der Waals surface area contributed by atoms with E-state index in [4.69, 9.17) is 11.0 Å². The number of nitriles is 1. The van der Waals surface area contributed by atoms with Crippen molar-refractivity contribution in [3.8, 4) is 11.8 Å². The van der Waals surface area contributed by atoms with Crippen LogP contribution in [-0.2, 0) is 0 Å². The second-order valence-corrected chi connectivity index (χ2v) is 5.55. The van der Waals surface area contributed by atoms with Gasteiger partial charge in [-0.2, -0.15) is 10.4 Å². The fourth-order valence-corrected chi connectivity index (χ4v) is 2.66. The van der Waals surface area contributed by atoms with Crippen LogP contribution in [-0.4, -0.2) is 25.1 Å². The Kier molecular flexibility index (Phi) is 3.60. The van der Waals surface area contributed by atoms with Crippen LogP contribution in [0.5, 0.6) is 0 Å². The van der Waals surface area contributed by atoms with Crippen LogP contribution >= 0.6 is 0 Å². The lowest BCUT2D eigenvalue weighted by atomic mass is 10.2. The first-order chi connectivity index (χ1) is 12.7. The number of rotatable bonds is 3. The summed E-state index contributed by atoms with van der Waals surface area (Å²) >= 11 is 0. The zero-order chi connectivity index (χ0) is 18.1. The minimum absolute atomic E-state index is 0.250. The molecule has 0 aliphatic carbocycles. The van der Waals surface area contributed by atoms with Crippen LogP contribution in [0.15, 0.2) is 61.2 Å². The maximum Gasteiger partial charge on any atom is 0.259 e. The number of fused-ring (bicyclic) bond motifs is 1. The fraction of sp³-hybridized carbons (Fsp3) is 0. The number of amides is 1. The molecule has 8 heteroatoms. The van der Waals surface area contributed by atoms with Crippen LogP contribution in [0.2, 0.25) is 0 Å². The van der Waals surface area contributed by atoms with Crippen LogP contribution in [0.1, 0.15) is 15.9 Å². The van der Waals surface area contributed by atoms with E-state index in [0.29, 0.717) is 28.1 Å². The van der Waals surface area contributed by atoms with Gasteiger partial charge < -0.3 is 15.5 Å². The molecule has 0 fully saturated rings. The Balaban J connectivity index is 1.58. The van der Waals surface area contributed by atoms with E-state index in [1.54, 1.807) is 53.2 Å². The van der Waals surface area contributed by atoms with Gasteiger partial charge in [-0.15, -0.1) is 0 Å². The Hall–Kier alpha value is -4.12. The van der Waals surface area contributed by atoms with Gasteiger partial charge in [0.1, 0.15) is 23.1 Å². The summed E-state index contributed by atoms with van der Waals surface area (Å²) in [5, 5.41) is 15.9. The molecule has 8 nitrogen and oxygen atoms in total. The lowest BCUT2D eigenvalue weighted by Gasteiger charge is -2.08. The number of benzene rings is 1. The number of nitrogens with two attached hydrogens (primary N) is 1. The van der Waals surface area contributed by atoms with E-state index in [1.165, 1.54) is 10.9 Å². The van der Waals surface area contributed by atoms with Crippen molar-refractivity contribution in [2.24, 2.45) is 0 Å². The summed E-state index contributed by atoms with van der Waals surface area (Å²) in [5.74, 6) is 0.0233. The first-order valence-corrected chi connectivity index (χ1v) is 7.74. The summed E-state index contributed by atoms with van der Waals surface area (Å²) in [6.45, 7) is 0. The normalized spacial score (nSPS) is 10.6. The molecule has 3 heterocycles. The third-order valence-electron chi connectivity index (χ3n) is 3.96. The number of nitrogens with one attached hydrogen (secondary N) is 1.